The summed E-state index contributed by atoms with van der Waals surface area (Å²) in [5.41, 5.74) is 4.07. The van der Waals surface area contributed by atoms with Crippen LogP contribution in [-0.4, -0.2) is 68.8 Å². The Labute approximate surface area is 297 Å². The molecule has 0 aliphatic carbocycles. The molecule has 5 rings (SSSR count). The van der Waals surface area contributed by atoms with E-state index in [1.165, 1.54) is 23.8 Å². The molecule has 0 amide bonds. The van der Waals surface area contributed by atoms with Crippen LogP contribution in [0.2, 0.25) is 25.7 Å². The van der Waals surface area contributed by atoms with Crippen LogP contribution in [0.3, 0.4) is 0 Å². The minimum absolute atomic E-state index is 0.00709. The summed E-state index contributed by atoms with van der Waals surface area (Å²) in [6.07, 6.45) is 0. The second-order valence-electron chi connectivity index (χ2n) is 13.3. The number of benzene rings is 4. The Balaban J connectivity index is 1.41. The zero-order valence-electron chi connectivity index (χ0n) is 29.6. The lowest BCUT2D eigenvalue weighted by atomic mass is 9.98. The van der Waals surface area contributed by atoms with Crippen LogP contribution >= 0.6 is 0 Å². The molecule has 51 heavy (non-hydrogen) atoms. The van der Waals surface area contributed by atoms with Crippen molar-refractivity contribution in [2.45, 2.75) is 45.9 Å². The zero-order valence-corrected chi connectivity index (χ0v) is 30.6. The van der Waals surface area contributed by atoms with Crippen LogP contribution in [0, 0.1) is 18.6 Å². The quantitative estimate of drug-likeness (QED) is 0.0582. The number of carbonyl (C=O) groups is 1. The summed E-state index contributed by atoms with van der Waals surface area (Å²) in [6, 6.07) is 21.9. The number of methoxy groups -OCH3 is 1. The van der Waals surface area contributed by atoms with Crippen LogP contribution in [0.4, 0.5) is 8.78 Å². The first-order valence-corrected chi connectivity index (χ1v) is 20.5. The number of hydrogen-bond donors (Lipinski definition) is 1. The van der Waals surface area contributed by atoms with Gasteiger partial charge in [0.15, 0.2) is 5.82 Å². The van der Waals surface area contributed by atoms with E-state index in [1.54, 1.807) is 31.2 Å². The van der Waals surface area contributed by atoms with Crippen molar-refractivity contribution in [1.29, 1.82) is 0 Å². The second-order valence-corrected chi connectivity index (χ2v) is 18.9. The molecule has 0 unspecified atom stereocenters. The highest BCUT2D eigenvalue weighted by atomic mass is 28.3. The van der Waals surface area contributed by atoms with Crippen molar-refractivity contribution in [1.82, 2.24) is 9.55 Å². The normalized spacial score (nSPS) is 11.7. The number of aryl methyl sites for hydroxylation is 1. The van der Waals surface area contributed by atoms with E-state index >= 15 is 8.78 Å². The fourth-order valence-corrected chi connectivity index (χ4v) is 6.12. The van der Waals surface area contributed by atoms with Crippen LogP contribution in [0.25, 0.3) is 33.3 Å². The molecule has 0 saturated heterocycles. The SMILES string of the molecule is COC(=O)c1cc(Oc2nc3c(F)c(-c4ccc(-c5ccc(COCCOCCO)cc5)cc4)c(F)cc3n2COCC[Si](C)(C)C)ccc1C. The number of fused-ring (bicyclic) bond motifs is 1. The first-order chi connectivity index (χ1) is 24.5. The molecule has 0 spiro atoms. The molecule has 0 saturated carbocycles. The van der Waals surface area contributed by atoms with Crippen molar-refractivity contribution in [2.75, 3.05) is 40.1 Å². The predicted octanol–water partition coefficient (Wildman–Crippen LogP) is 8.37. The number of aliphatic hydroxyl groups excluding tert-OH is 1. The number of halogens is 2. The Morgan fingerprint density at radius 2 is 1.51 bits per heavy atom. The summed E-state index contributed by atoms with van der Waals surface area (Å²) in [6.45, 7) is 10.5. The summed E-state index contributed by atoms with van der Waals surface area (Å²) < 4.78 is 61.5. The van der Waals surface area contributed by atoms with Gasteiger partial charge in [-0.3, -0.25) is 4.57 Å². The molecule has 0 aliphatic rings. The molecule has 1 heterocycles. The van der Waals surface area contributed by atoms with Gasteiger partial charge in [0.1, 0.15) is 23.8 Å². The maximum Gasteiger partial charge on any atom is 0.338 e. The molecule has 0 radical (unpaired) electrons. The molecule has 5 aromatic rings. The van der Waals surface area contributed by atoms with Gasteiger partial charge in [-0.05, 0) is 52.9 Å². The van der Waals surface area contributed by atoms with E-state index in [-0.39, 0.29) is 48.3 Å². The fraction of sp³-hybridized carbons (Fsp3) is 0.333. The third-order valence-corrected chi connectivity index (χ3v) is 9.98. The Kier molecular flexibility index (Phi) is 12.7. The van der Waals surface area contributed by atoms with Crippen molar-refractivity contribution in [3.63, 3.8) is 0 Å². The zero-order chi connectivity index (χ0) is 36.5. The van der Waals surface area contributed by atoms with Crippen LogP contribution in [0.1, 0.15) is 21.5 Å². The molecule has 1 N–H and O–H groups in total. The maximum absolute atomic E-state index is 16.3. The number of ether oxygens (including phenoxy) is 5. The number of hydrogen-bond acceptors (Lipinski definition) is 8. The van der Waals surface area contributed by atoms with Crippen molar-refractivity contribution in [3.05, 3.63) is 101 Å². The molecule has 9 nitrogen and oxygen atoms in total. The molecular weight excluding hydrogens is 675 g/mol. The van der Waals surface area contributed by atoms with Crippen LogP contribution in [0.15, 0.2) is 72.8 Å². The number of imidazole rings is 1. The van der Waals surface area contributed by atoms with Gasteiger partial charge >= 0.3 is 12.0 Å². The molecule has 270 valence electrons. The molecule has 0 aliphatic heterocycles. The van der Waals surface area contributed by atoms with E-state index in [4.69, 9.17) is 28.8 Å². The third kappa shape index (κ3) is 9.66. The average molecular weight is 719 g/mol. The Morgan fingerprint density at radius 1 is 0.843 bits per heavy atom. The number of esters is 1. The van der Waals surface area contributed by atoms with E-state index in [0.717, 1.165) is 22.7 Å². The number of rotatable bonds is 17. The van der Waals surface area contributed by atoms with Gasteiger partial charge in [0.05, 0.1) is 56.8 Å². The van der Waals surface area contributed by atoms with Crippen LogP contribution < -0.4 is 4.74 Å². The first-order valence-electron chi connectivity index (χ1n) is 16.8. The van der Waals surface area contributed by atoms with Gasteiger partial charge in [-0.25, -0.2) is 13.6 Å². The average Bonchev–Trinajstić information content (AvgIpc) is 3.45. The van der Waals surface area contributed by atoms with Crippen molar-refractivity contribution in [2.24, 2.45) is 0 Å². The van der Waals surface area contributed by atoms with Crippen molar-refractivity contribution >= 4 is 25.1 Å². The summed E-state index contributed by atoms with van der Waals surface area (Å²) >= 11 is 0. The highest BCUT2D eigenvalue weighted by molar-refractivity contribution is 6.76. The summed E-state index contributed by atoms with van der Waals surface area (Å²) in [5.74, 6) is -1.82. The standard InChI is InChI=1S/C39H44F2N2O7Si/c1-26-6-15-31(22-32(26)38(45)46-2)50-39-42-37-34(43(39)25-49-20-21-51(3,4)5)23-33(40)35(36(37)41)30-13-11-29(12-14-30)28-9-7-27(8-10-28)24-48-19-18-47-17-16-44/h6-15,22-23,44H,16-21,24-25H2,1-5H3. The molecule has 0 bridgehead atoms. The van der Waals surface area contributed by atoms with E-state index in [0.29, 0.717) is 43.1 Å². The summed E-state index contributed by atoms with van der Waals surface area (Å²) in [4.78, 5) is 16.8. The highest BCUT2D eigenvalue weighted by Gasteiger charge is 2.24. The molecule has 1 aromatic heterocycles. The van der Waals surface area contributed by atoms with Crippen LogP contribution in [-0.2, 0) is 32.3 Å². The smallest absolute Gasteiger partial charge is 0.338 e. The van der Waals surface area contributed by atoms with Gasteiger partial charge in [0, 0.05) is 20.7 Å². The maximum atomic E-state index is 16.3. The minimum atomic E-state index is -1.39. The van der Waals surface area contributed by atoms with Crippen LogP contribution in [0.5, 0.6) is 11.8 Å². The second kappa shape index (κ2) is 17.2. The lowest BCUT2D eigenvalue weighted by Crippen LogP contribution is -2.22. The largest absolute Gasteiger partial charge is 0.465 e. The van der Waals surface area contributed by atoms with Gasteiger partial charge in [0.2, 0.25) is 0 Å². The van der Waals surface area contributed by atoms with Gasteiger partial charge in [0.25, 0.3) is 0 Å². The first kappa shape index (κ1) is 37.8. The van der Waals surface area contributed by atoms with E-state index in [9.17, 15) is 4.79 Å². The number of aliphatic hydroxyl groups is 1. The minimum Gasteiger partial charge on any atom is -0.465 e. The number of nitrogens with zero attached hydrogens (tertiary/aromatic N) is 2. The third-order valence-electron chi connectivity index (χ3n) is 8.28. The Hall–Kier alpha value is -4.46. The van der Waals surface area contributed by atoms with Gasteiger partial charge < -0.3 is 28.8 Å². The predicted molar refractivity (Wildman–Crippen MR) is 195 cm³/mol. The fourth-order valence-electron chi connectivity index (χ4n) is 5.37. The highest BCUT2D eigenvalue weighted by Crippen LogP contribution is 2.36. The lowest BCUT2D eigenvalue weighted by Gasteiger charge is -2.16. The molecule has 0 fully saturated rings. The van der Waals surface area contributed by atoms with Gasteiger partial charge in [-0.1, -0.05) is 74.2 Å². The summed E-state index contributed by atoms with van der Waals surface area (Å²) in [7, 11) is -0.0981. The summed E-state index contributed by atoms with van der Waals surface area (Å²) in [5, 5.41) is 8.77. The number of carbonyl (C=O) groups excluding carboxylic acids is 1. The van der Waals surface area contributed by atoms with Gasteiger partial charge in [-0.15, -0.1) is 0 Å². The molecule has 12 heteroatoms. The Bertz CT molecular complexity index is 1940. The molecule has 0 atom stereocenters. The topological polar surface area (TPSA) is 101 Å². The number of aromatic nitrogens is 2. The monoisotopic (exact) mass is 718 g/mol. The van der Waals surface area contributed by atoms with E-state index in [1.807, 2.05) is 36.4 Å². The van der Waals surface area contributed by atoms with Gasteiger partial charge in [-0.2, -0.15) is 4.98 Å². The van der Waals surface area contributed by atoms with Crippen molar-refractivity contribution in [3.8, 4) is 34.0 Å². The molecular formula is C39H44F2N2O7Si. The van der Waals surface area contributed by atoms with E-state index < -0.39 is 25.7 Å². The van der Waals surface area contributed by atoms with E-state index in [2.05, 4.69) is 24.6 Å². The Morgan fingerprint density at radius 3 is 2.18 bits per heavy atom. The molecule has 4 aromatic carbocycles. The van der Waals surface area contributed by atoms with Crippen molar-refractivity contribution < 1.29 is 42.4 Å². The lowest BCUT2D eigenvalue weighted by molar-refractivity contribution is 0.0274.